The summed E-state index contributed by atoms with van der Waals surface area (Å²) < 4.78 is 41.0. The summed E-state index contributed by atoms with van der Waals surface area (Å²) in [5.74, 6) is -1.16. The summed E-state index contributed by atoms with van der Waals surface area (Å²) in [5.41, 5.74) is -0.492. The third kappa shape index (κ3) is 1.66. The van der Waals surface area contributed by atoms with Gasteiger partial charge < -0.3 is 4.74 Å². The van der Waals surface area contributed by atoms with E-state index >= 15 is 0 Å². The molecule has 0 aliphatic carbocycles. The molecule has 12 heavy (non-hydrogen) atoms. The Morgan fingerprint density at radius 1 is 1.42 bits per heavy atom. The lowest BCUT2D eigenvalue weighted by Gasteiger charge is -2.02. The van der Waals surface area contributed by atoms with Crippen LogP contribution in [0.15, 0.2) is 12.1 Å². The van der Waals surface area contributed by atoms with Crippen molar-refractivity contribution >= 4 is 0 Å². The van der Waals surface area contributed by atoms with Gasteiger partial charge in [-0.3, -0.25) is 0 Å². The third-order valence-electron chi connectivity index (χ3n) is 1.25. The monoisotopic (exact) mass is 177 g/mol. The first-order valence-corrected chi connectivity index (χ1v) is 3.13. The molecular formula is C7H6F3NO. The Bertz CT molecular complexity index is 277. The van der Waals surface area contributed by atoms with E-state index in [1.54, 1.807) is 0 Å². The summed E-state index contributed by atoms with van der Waals surface area (Å²) in [5, 5.41) is 0. The van der Waals surface area contributed by atoms with E-state index in [1.165, 1.54) is 7.11 Å². The van der Waals surface area contributed by atoms with E-state index in [2.05, 4.69) is 9.72 Å². The van der Waals surface area contributed by atoms with Crippen LogP contribution in [0.5, 0.6) is 5.88 Å². The highest BCUT2D eigenvalue weighted by Gasteiger charge is 2.12. The summed E-state index contributed by atoms with van der Waals surface area (Å²) in [6.07, 6.45) is -2.71. The SMILES string of the molecule is COc1nc(C(F)F)ccc1F. The summed E-state index contributed by atoms with van der Waals surface area (Å²) in [6, 6.07) is 1.82. The Morgan fingerprint density at radius 2 is 2.08 bits per heavy atom. The van der Waals surface area contributed by atoms with Crippen LogP contribution in [0, 0.1) is 5.82 Å². The summed E-state index contributed by atoms with van der Waals surface area (Å²) in [4.78, 5) is 3.24. The maximum Gasteiger partial charge on any atom is 0.280 e. The fourth-order valence-electron chi connectivity index (χ4n) is 0.702. The van der Waals surface area contributed by atoms with E-state index in [0.717, 1.165) is 12.1 Å². The van der Waals surface area contributed by atoms with E-state index < -0.39 is 23.8 Å². The van der Waals surface area contributed by atoms with Crippen LogP contribution in [0.1, 0.15) is 12.1 Å². The first-order valence-electron chi connectivity index (χ1n) is 3.13. The molecule has 1 aromatic heterocycles. The quantitative estimate of drug-likeness (QED) is 0.690. The number of halogens is 3. The number of hydrogen-bond donors (Lipinski definition) is 0. The van der Waals surface area contributed by atoms with Crippen molar-refractivity contribution < 1.29 is 17.9 Å². The molecule has 0 aliphatic heterocycles. The molecule has 5 heteroatoms. The molecule has 0 spiro atoms. The van der Waals surface area contributed by atoms with Crippen molar-refractivity contribution in [2.75, 3.05) is 7.11 Å². The van der Waals surface area contributed by atoms with Crippen molar-refractivity contribution in [1.82, 2.24) is 4.98 Å². The van der Waals surface area contributed by atoms with Crippen LogP contribution in [0.2, 0.25) is 0 Å². The number of nitrogens with zero attached hydrogens (tertiary/aromatic N) is 1. The molecule has 0 aromatic carbocycles. The molecule has 0 saturated carbocycles. The largest absolute Gasteiger partial charge is 0.479 e. The van der Waals surface area contributed by atoms with Crippen LogP contribution >= 0.6 is 0 Å². The summed E-state index contributed by atoms with van der Waals surface area (Å²) in [7, 11) is 1.17. The molecule has 0 aliphatic rings. The maximum atomic E-state index is 12.6. The summed E-state index contributed by atoms with van der Waals surface area (Å²) >= 11 is 0. The molecule has 0 fully saturated rings. The number of hydrogen-bond acceptors (Lipinski definition) is 2. The summed E-state index contributed by atoms with van der Waals surface area (Å²) in [6.45, 7) is 0. The van der Waals surface area contributed by atoms with E-state index in [1.807, 2.05) is 0 Å². The first-order chi connectivity index (χ1) is 5.65. The van der Waals surface area contributed by atoms with Crippen molar-refractivity contribution in [2.45, 2.75) is 6.43 Å². The van der Waals surface area contributed by atoms with Crippen LogP contribution in [-0.4, -0.2) is 12.1 Å². The zero-order valence-corrected chi connectivity index (χ0v) is 6.22. The second kappa shape index (κ2) is 3.42. The molecule has 1 aromatic rings. The molecule has 2 nitrogen and oxygen atoms in total. The Morgan fingerprint density at radius 3 is 2.58 bits per heavy atom. The zero-order chi connectivity index (χ0) is 9.14. The highest BCUT2D eigenvalue weighted by atomic mass is 19.3. The normalized spacial score (nSPS) is 10.4. The maximum absolute atomic E-state index is 12.6. The fourth-order valence-corrected chi connectivity index (χ4v) is 0.702. The van der Waals surface area contributed by atoms with Crippen molar-refractivity contribution in [3.05, 3.63) is 23.6 Å². The second-order valence-electron chi connectivity index (χ2n) is 2.03. The number of pyridine rings is 1. The lowest BCUT2D eigenvalue weighted by atomic mass is 10.3. The van der Waals surface area contributed by atoms with Crippen LogP contribution < -0.4 is 4.74 Å². The number of aromatic nitrogens is 1. The van der Waals surface area contributed by atoms with Crippen molar-refractivity contribution in [3.8, 4) is 5.88 Å². The number of ether oxygens (including phenoxy) is 1. The van der Waals surface area contributed by atoms with Gasteiger partial charge in [-0.1, -0.05) is 0 Å². The van der Waals surface area contributed by atoms with Gasteiger partial charge in [0.1, 0.15) is 5.69 Å². The average molecular weight is 177 g/mol. The molecule has 1 heterocycles. The molecule has 0 bridgehead atoms. The van der Waals surface area contributed by atoms with Gasteiger partial charge in [0.2, 0.25) is 0 Å². The molecule has 0 amide bonds. The minimum absolute atomic E-state index is 0.409. The number of rotatable bonds is 2. The van der Waals surface area contributed by atoms with Gasteiger partial charge in [-0.05, 0) is 12.1 Å². The smallest absolute Gasteiger partial charge is 0.280 e. The van der Waals surface area contributed by atoms with Crippen LogP contribution in [0.25, 0.3) is 0 Å². The topological polar surface area (TPSA) is 22.1 Å². The van der Waals surface area contributed by atoms with E-state index in [9.17, 15) is 13.2 Å². The lowest BCUT2D eigenvalue weighted by molar-refractivity contribution is 0.144. The average Bonchev–Trinajstić information content (AvgIpc) is 2.05. The molecule has 0 atom stereocenters. The van der Waals surface area contributed by atoms with Crippen molar-refractivity contribution in [1.29, 1.82) is 0 Å². The Hall–Kier alpha value is -1.26. The van der Waals surface area contributed by atoms with E-state index in [4.69, 9.17) is 0 Å². The molecule has 0 unspecified atom stereocenters. The van der Waals surface area contributed by atoms with Gasteiger partial charge in [0, 0.05) is 0 Å². The number of alkyl halides is 2. The van der Waals surface area contributed by atoms with Gasteiger partial charge >= 0.3 is 0 Å². The minimum atomic E-state index is -2.71. The van der Waals surface area contributed by atoms with E-state index in [-0.39, 0.29) is 0 Å². The Balaban J connectivity index is 3.05. The molecular weight excluding hydrogens is 171 g/mol. The first kappa shape index (κ1) is 8.83. The second-order valence-corrected chi connectivity index (χ2v) is 2.03. The molecule has 0 N–H and O–H groups in total. The predicted molar refractivity (Wildman–Crippen MR) is 35.7 cm³/mol. The van der Waals surface area contributed by atoms with Crippen LogP contribution in [0.3, 0.4) is 0 Å². The lowest BCUT2D eigenvalue weighted by Crippen LogP contribution is -1.96. The van der Waals surface area contributed by atoms with Gasteiger partial charge in [0.15, 0.2) is 5.82 Å². The van der Waals surface area contributed by atoms with Gasteiger partial charge in [-0.2, -0.15) is 0 Å². The predicted octanol–water partition coefficient (Wildman–Crippen LogP) is 2.17. The number of methoxy groups -OCH3 is 1. The van der Waals surface area contributed by atoms with Gasteiger partial charge in [-0.25, -0.2) is 18.2 Å². The molecule has 0 saturated heterocycles. The third-order valence-corrected chi connectivity index (χ3v) is 1.25. The van der Waals surface area contributed by atoms with E-state index in [0.29, 0.717) is 0 Å². The molecule has 66 valence electrons. The van der Waals surface area contributed by atoms with Crippen LogP contribution in [0.4, 0.5) is 13.2 Å². The standard InChI is InChI=1S/C7H6F3NO/c1-12-7-4(8)2-3-5(11-7)6(9)10/h2-3,6H,1H3. The molecule has 0 radical (unpaired) electrons. The zero-order valence-electron chi connectivity index (χ0n) is 6.22. The highest BCUT2D eigenvalue weighted by Crippen LogP contribution is 2.20. The highest BCUT2D eigenvalue weighted by molar-refractivity contribution is 5.18. The Kier molecular flexibility index (Phi) is 2.52. The van der Waals surface area contributed by atoms with Crippen molar-refractivity contribution in [3.63, 3.8) is 0 Å². The minimum Gasteiger partial charge on any atom is -0.479 e. The fraction of sp³-hybridized carbons (Fsp3) is 0.286. The van der Waals surface area contributed by atoms with Gasteiger partial charge in [0.05, 0.1) is 7.11 Å². The van der Waals surface area contributed by atoms with Gasteiger partial charge in [0.25, 0.3) is 12.3 Å². The van der Waals surface area contributed by atoms with Crippen molar-refractivity contribution in [2.24, 2.45) is 0 Å². The van der Waals surface area contributed by atoms with Crippen LogP contribution in [-0.2, 0) is 0 Å². The van der Waals surface area contributed by atoms with Gasteiger partial charge in [-0.15, -0.1) is 0 Å². The Labute approximate surface area is 67.0 Å². The molecule has 1 rings (SSSR count).